The van der Waals surface area contributed by atoms with E-state index in [1.165, 1.54) is 0 Å². The molecule has 0 aliphatic heterocycles. The second-order valence-electron chi connectivity index (χ2n) is 4.77. The van der Waals surface area contributed by atoms with Crippen LogP contribution in [0.15, 0.2) is 61.2 Å². The van der Waals surface area contributed by atoms with Gasteiger partial charge in [0.25, 0.3) is 0 Å². The fraction of sp³-hybridized carbons (Fsp3) is 0. The molecule has 0 N–H and O–H groups in total. The van der Waals surface area contributed by atoms with Gasteiger partial charge in [-0.25, -0.2) is 9.67 Å². The second kappa shape index (κ2) is 5.54. The third-order valence-electron chi connectivity index (χ3n) is 3.26. The Labute approximate surface area is 131 Å². The van der Waals surface area contributed by atoms with Gasteiger partial charge in [-0.15, -0.1) is 11.3 Å². The average molecular weight is 304 g/mol. The zero-order chi connectivity index (χ0) is 14.8. The molecule has 0 aliphatic carbocycles. The Morgan fingerprint density at radius 1 is 1.05 bits per heavy atom. The molecule has 4 nitrogen and oxygen atoms in total. The first-order valence-electron chi connectivity index (χ1n) is 6.87. The summed E-state index contributed by atoms with van der Waals surface area (Å²) >= 11 is 1.66. The molecular weight excluding hydrogens is 292 g/mol. The number of benzene rings is 1. The van der Waals surface area contributed by atoms with Crippen LogP contribution in [0.1, 0.15) is 10.6 Å². The van der Waals surface area contributed by atoms with Gasteiger partial charge in [0, 0.05) is 18.6 Å². The number of fused-ring (bicyclic) bond motifs is 1. The summed E-state index contributed by atoms with van der Waals surface area (Å²) < 4.78 is 3.00. The summed E-state index contributed by atoms with van der Waals surface area (Å²) in [5.41, 5.74) is 3.10. The van der Waals surface area contributed by atoms with E-state index in [0.29, 0.717) is 0 Å². The monoisotopic (exact) mass is 304 g/mol. The van der Waals surface area contributed by atoms with Gasteiger partial charge in [-0.1, -0.05) is 18.2 Å². The van der Waals surface area contributed by atoms with Crippen LogP contribution in [0.25, 0.3) is 28.1 Å². The minimum absolute atomic E-state index is 0.942. The molecule has 4 aromatic rings. The van der Waals surface area contributed by atoms with Gasteiger partial charge < -0.3 is 0 Å². The molecule has 0 saturated heterocycles. The lowest BCUT2D eigenvalue weighted by Crippen LogP contribution is -1.93. The number of hydrogen-bond acceptors (Lipinski definition) is 4. The molecule has 0 amide bonds. The summed E-state index contributed by atoms with van der Waals surface area (Å²) in [4.78, 5) is 8.65. The van der Waals surface area contributed by atoms with E-state index >= 15 is 0 Å². The van der Waals surface area contributed by atoms with Crippen molar-refractivity contribution in [2.24, 2.45) is 0 Å². The molecule has 0 radical (unpaired) electrons. The Morgan fingerprint density at radius 2 is 2.05 bits per heavy atom. The normalized spacial score (nSPS) is 11.5. The van der Waals surface area contributed by atoms with Gasteiger partial charge in [0.15, 0.2) is 0 Å². The Hall–Kier alpha value is -2.79. The summed E-state index contributed by atoms with van der Waals surface area (Å²) in [5.74, 6) is 0. The maximum absolute atomic E-state index is 4.55. The van der Waals surface area contributed by atoms with Crippen molar-refractivity contribution in [1.29, 1.82) is 0 Å². The first-order valence-corrected chi connectivity index (χ1v) is 7.69. The number of hydrogen-bond donors (Lipinski definition) is 0. The Kier molecular flexibility index (Phi) is 3.25. The second-order valence-corrected chi connectivity index (χ2v) is 5.84. The maximum Gasteiger partial charge on any atom is 0.117 e. The summed E-state index contributed by atoms with van der Waals surface area (Å²) in [6, 6.07) is 12.1. The standard InChI is InChI=1S/C17H12N4S/c1-3-13(11-14(4-1)21-10-2-8-19-21)5-6-17-20-15-12-18-9-7-16(15)22-17/h1-12H/b6-5+. The minimum Gasteiger partial charge on any atom is -0.262 e. The fourth-order valence-corrected chi connectivity index (χ4v) is 3.07. The van der Waals surface area contributed by atoms with E-state index in [0.717, 1.165) is 26.5 Å². The average Bonchev–Trinajstić information content (AvgIpc) is 3.22. The number of rotatable bonds is 3. The lowest BCUT2D eigenvalue weighted by molar-refractivity contribution is 0.880. The van der Waals surface area contributed by atoms with E-state index in [1.807, 2.05) is 41.2 Å². The molecule has 0 spiro atoms. The van der Waals surface area contributed by atoms with Crippen molar-refractivity contribution in [3.8, 4) is 5.69 Å². The molecule has 5 heteroatoms. The Morgan fingerprint density at radius 3 is 2.91 bits per heavy atom. The number of aromatic nitrogens is 4. The molecule has 0 saturated carbocycles. The van der Waals surface area contributed by atoms with E-state index in [-0.39, 0.29) is 0 Å². The smallest absolute Gasteiger partial charge is 0.117 e. The maximum atomic E-state index is 4.55. The quantitative estimate of drug-likeness (QED) is 0.573. The molecule has 0 aliphatic rings. The van der Waals surface area contributed by atoms with Crippen LogP contribution in [0.3, 0.4) is 0 Å². The van der Waals surface area contributed by atoms with Crippen LogP contribution in [0.5, 0.6) is 0 Å². The number of thiazole rings is 1. The highest BCUT2D eigenvalue weighted by molar-refractivity contribution is 7.19. The topological polar surface area (TPSA) is 43.6 Å². The Balaban J connectivity index is 1.64. The highest BCUT2D eigenvalue weighted by Crippen LogP contribution is 2.22. The van der Waals surface area contributed by atoms with Crippen LogP contribution in [-0.4, -0.2) is 19.7 Å². The van der Waals surface area contributed by atoms with Crippen molar-refractivity contribution >= 4 is 33.7 Å². The first kappa shape index (κ1) is 12.9. The van der Waals surface area contributed by atoms with Crippen LogP contribution >= 0.6 is 11.3 Å². The van der Waals surface area contributed by atoms with Gasteiger partial charge in [0.2, 0.25) is 0 Å². The molecule has 0 bridgehead atoms. The van der Waals surface area contributed by atoms with Crippen molar-refractivity contribution in [3.63, 3.8) is 0 Å². The van der Waals surface area contributed by atoms with Crippen molar-refractivity contribution in [1.82, 2.24) is 19.7 Å². The largest absolute Gasteiger partial charge is 0.262 e. The number of pyridine rings is 1. The highest BCUT2D eigenvalue weighted by atomic mass is 32.1. The van der Waals surface area contributed by atoms with Gasteiger partial charge in [0.05, 0.1) is 16.6 Å². The summed E-state index contributed by atoms with van der Waals surface area (Å²) in [5, 5.41) is 5.23. The van der Waals surface area contributed by atoms with E-state index < -0.39 is 0 Å². The van der Waals surface area contributed by atoms with Crippen LogP contribution < -0.4 is 0 Å². The zero-order valence-corrected chi connectivity index (χ0v) is 12.4. The van der Waals surface area contributed by atoms with E-state index in [9.17, 15) is 0 Å². The molecule has 3 heterocycles. The van der Waals surface area contributed by atoms with Crippen molar-refractivity contribution in [3.05, 3.63) is 71.8 Å². The van der Waals surface area contributed by atoms with Crippen LogP contribution in [0.2, 0.25) is 0 Å². The zero-order valence-electron chi connectivity index (χ0n) is 11.6. The lowest BCUT2D eigenvalue weighted by atomic mass is 10.2. The third-order valence-corrected chi connectivity index (χ3v) is 4.27. The van der Waals surface area contributed by atoms with Crippen LogP contribution in [-0.2, 0) is 0 Å². The molecule has 4 rings (SSSR count). The molecule has 0 fully saturated rings. The predicted molar refractivity (Wildman–Crippen MR) is 89.9 cm³/mol. The molecule has 22 heavy (non-hydrogen) atoms. The molecule has 106 valence electrons. The highest BCUT2D eigenvalue weighted by Gasteiger charge is 2.00. The van der Waals surface area contributed by atoms with E-state index in [4.69, 9.17) is 0 Å². The van der Waals surface area contributed by atoms with E-state index in [1.54, 1.807) is 29.9 Å². The van der Waals surface area contributed by atoms with Crippen LogP contribution in [0, 0.1) is 0 Å². The predicted octanol–water partition coefficient (Wildman–Crippen LogP) is 4.05. The fourth-order valence-electron chi connectivity index (χ4n) is 2.23. The van der Waals surface area contributed by atoms with Crippen molar-refractivity contribution in [2.45, 2.75) is 0 Å². The first-order chi connectivity index (χ1) is 10.9. The molecule has 0 atom stereocenters. The van der Waals surface area contributed by atoms with Gasteiger partial charge >= 0.3 is 0 Å². The summed E-state index contributed by atoms with van der Waals surface area (Å²) in [6.45, 7) is 0. The van der Waals surface area contributed by atoms with Gasteiger partial charge in [-0.3, -0.25) is 4.98 Å². The molecule has 3 aromatic heterocycles. The van der Waals surface area contributed by atoms with Gasteiger partial charge in [-0.2, -0.15) is 5.10 Å². The van der Waals surface area contributed by atoms with Crippen molar-refractivity contribution < 1.29 is 0 Å². The molecule has 0 unspecified atom stereocenters. The molecule has 1 aromatic carbocycles. The SMILES string of the molecule is C(=C\c1nc2cnccc2s1)/c1cccc(-n2cccn2)c1. The lowest BCUT2D eigenvalue weighted by Gasteiger charge is -2.01. The number of nitrogens with zero attached hydrogens (tertiary/aromatic N) is 4. The Bertz CT molecular complexity index is 905. The summed E-state index contributed by atoms with van der Waals surface area (Å²) in [7, 11) is 0. The molecular formula is C17H12N4S. The van der Waals surface area contributed by atoms with E-state index in [2.05, 4.69) is 33.3 Å². The minimum atomic E-state index is 0.942. The van der Waals surface area contributed by atoms with Gasteiger partial charge in [0.1, 0.15) is 10.5 Å². The van der Waals surface area contributed by atoms with Crippen LogP contribution in [0.4, 0.5) is 0 Å². The van der Waals surface area contributed by atoms with Gasteiger partial charge in [-0.05, 0) is 35.9 Å². The van der Waals surface area contributed by atoms with Crippen molar-refractivity contribution in [2.75, 3.05) is 0 Å². The summed E-state index contributed by atoms with van der Waals surface area (Å²) in [6.07, 6.45) is 11.4. The third kappa shape index (κ3) is 2.54.